The van der Waals surface area contributed by atoms with Gasteiger partial charge in [-0.15, -0.1) is 0 Å². The molecule has 1 amide bonds. The van der Waals surface area contributed by atoms with Gasteiger partial charge in [-0.3, -0.25) is 30.3 Å². The highest BCUT2D eigenvalue weighted by Gasteiger charge is 2.19. The maximum atomic E-state index is 12.4. The molecule has 0 saturated heterocycles. The number of halogens is 1. The van der Waals surface area contributed by atoms with Crippen molar-refractivity contribution >= 4 is 55.6 Å². The number of carbonyl (C=O) groups is 1. The van der Waals surface area contributed by atoms with E-state index in [0.29, 0.717) is 10.2 Å². The fraction of sp³-hybridized carbons (Fsp3) is 0.0667. The molecule has 0 radical (unpaired) electrons. The fourth-order valence-electron chi connectivity index (χ4n) is 2.27. The molecular weight excluding hydrogens is 400 g/mol. The van der Waals surface area contributed by atoms with Crippen molar-refractivity contribution in [2.45, 2.75) is 0 Å². The van der Waals surface area contributed by atoms with Gasteiger partial charge in [0.1, 0.15) is 5.52 Å². The van der Waals surface area contributed by atoms with Crippen LogP contribution < -0.4 is 10.1 Å². The topological polar surface area (TPSA) is 138 Å². The minimum absolute atomic E-state index is 0.0273. The second kappa shape index (κ2) is 7.13. The number of nitro groups is 2. The second-order valence-electron chi connectivity index (χ2n) is 5.15. The van der Waals surface area contributed by atoms with Crippen LogP contribution in [-0.2, 0) is 0 Å². The van der Waals surface area contributed by atoms with Crippen LogP contribution in [-0.4, -0.2) is 27.8 Å². The van der Waals surface area contributed by atoms with Crippen molar-refractivity contribution in [1.82, 2.24) is 4.98 Å². The molecule has 1 N–H and O–H groups in total. The van der Waals surface area contributed by atoms with Crippen molar-refractivity contribution in [2.24, 2.45) is 0 Å². The summed E-state index contributed by atoms with van der Waals surface area (Å²) in [6.45, 7) is 0. The summed E-state index contributed by atoms with van der Waals surface area (Å²) in [6, 6.07) is 6.02. The largest absolute Gasteiger partial charge is 0.494 e. The Kier molecular flexibility index (Phi) is 4.88. The predicted octanol–water partition coefficient (Wildman–Crippen LogP) is 4.03. The van der Waals surface area contributed by atoms with Crippen LogP contribution in [0.3, 0.4) is 0 Å². The van der Waals surface area contributed by atoms with Crippen molar-refractivity contribution in [3.63, 3.8) is 0 Å². The summed E-state index contributed by atoms with van der Waals surface area (Å²) < 4.78 is 5.57. The molecule has 3 rings (SSSR count). The van der Waals surface area contributed by atoms with Crippen molar-refractivity contribution in [3.8, 4) is 5.75 Å². The van der Waals surface area contributed by atoms with Gasteiger partial charge in [0.05, 0.1) is 38.3 Å². The van der Waals surface area contributed by atoms with E-state index in [1.807, 2.05) is 0 Å². The van der Waals surface area contributed by atoms with E-state index in [4.69, 9.17) is 16.3 Å². The minimum atomic E-state index is -0.625. The van der Waals surface area contributed by atoms with E-state index < -0.39 is 15.8 Å². The average Bonchev–Trinajstić information content (AvgIpc) is 3.02. The van der Waals surface area contributed by atoms with Gasteiger partial charge in [-0.2, -0.15) is 0 Å². The first-order valence-corrected chi connectivity index (χ1v) is 8.38. The summed E-state index contributed by atoms with van der Waals surface area (Å²) in [5, 5.41) is 24.3. The lowest BCUT2D eigenvalue weighted by atomic mass is 10.2. The molecule has 0 aliphatic rings. The standard InChI is InChI=1S/C15H9ClN4O6S/c1-26-11-5-8(20(24)25)6-12-13(11)17-15(27-12)18-14(21)9-3-2-7(19(22)23)4-10(9)16/h2-6H,1H3,(H,17,18,21). The number of ether oxygens (including phenoxy) is 1. The number of nitrogens with one attached hydrogen (secondary N) is 1. The summed E-state index contributed by atoms with van der Waals surface area (Å²) in [5.41, 5.74) is -0.0227. The third-order valence-electron chi connectivity index (χ3n) is 3.50. The number of anilines is 1. The number of aromatic nitrogens is 1. The van der Waals surface area contributed by atoms with E-state index in [1.165, 1.54) is 25.3 Å². The highest BCUT2D eigenvalue weighted by molar-refractivity contribution is 7.22. The molecule has 0 saturated carbocycles. The smallest absolute Gasteiger partial charge is 0.274 e. The molecule has 1 heterocycles. The Balaban J connectivity index is 1.93. The van der Waals surface area contributed by atoms with Gasteiger partial charge >= 0.3 is 0 Å². The zero-order valence-corrected chi connectivity index (χ0v) is 15.0. The summed E-state index contributed by atoms with van der Waals surface area (Å²) in [4.78, 5) is 37.1. The Morgan fingerprint density at radius 1 is 1.19 bits per heavy atom. The van der Waals surface area contributed by atoms with E-state index in [0.717, 1.165) is 23.5 Å². The van der Waals surface area contributed by atoms with Gasteiger partial charge in [0.15, 0.2) is 10.9 Å². The van der Waals surface area contributed by atoms with E-state index in [2.05, 4.69) is 10.3 Å². The van der Waals surface area contributed by atoms with Gasteiger partial charge in [-0.1, -0.05) is 22.9 Å². The van der Waals surface area contributed by atoms with Gasteiger partial charge in [-0.25, -0.2) is 4.98 Å². The Labute approximate surface area is 159 Å². The van der Waals surface area contributed by atoms with Gasteiger partial charge < -0.3 is 4.74 Å². The van der Waals surface area contributed by atoms with Crippen LogP contribution in [0.25, 0.3) is 10.2 Å². The SMILES string of the molecule is COc1cc([N+](=O)[O-])cc2sc(NC(=O)c3ccc([N+](=O)[O-])cc3Cl)nc12. The van der Waals surface area contributed by atoms with Crippen molar-refractivity contribution in [3.05, 3.63) is 61.1 Å². The molecule has 0 spiro atoms. The zero-order chi connectivity index (χ0) is 19.7. The molecule has 1 aromatic heterocycles. The van der Waals surface area contributed by atoms with E-state index in [-0.39, 0.29) is 32.8 Å². The number of nitro benzene ring substituents is 2. The van der Waals surface area contributed by atoms with Crippen molar-refractivity contribution in [2.75, 3.05) is 12.4 Å². The molecule has 0 unspecified atom stereocenters. The molecule has 0 aliphatic heterocycles. The molecule has 138 valence electrons. The first-order valence-electron chi connectivity index (χ1n) is 7.18. The number of nitrogens with zero attached hydrogens (tertiary/aromatic N) is 3. The maximum absolute atomic E-state index is 12.4. The Bertz CT molecular complexity index is 1100. The second-order valence-corrected chi connectivity index (χ2v) is 6.58. The van der Waals surface area contributed by atoms with E-state index >= 15 is 0 Å². The monoisotopic (exact) mass is 408 g/mol. The zero-order valence-electron chi connectivity index (χ0n) is 13.5. The number of hydrogen-bond acceptors (Lipinski definition) is 8. The summed E-state index contributed by atoms with van der Waals surface area (Å²) in [5.74, 6) is -0.424. The summed E-state index contributed by atoms with van der Waals surface area (Å²) in [6.07, 6.45) is 0. The normalized spacial score (nSPS) is 10.6. The van der Waals surface area contributed by atoms with Gasteiger partial charge in [0.2, 0.25) is 0 Å². The molecule has 0 fully saturated rings. The first-order chi connectivity index (χ1) is 12.8. The Morgan fingerprint density at radius 3 is 2.48 bits per heavy atom. The number of carbonyl (C=O) groups excluding carboxylic acids is 1. The van der Waals surface area contributed by atoms with Crippen LogP contribution >= 0.6 is 22.9 Å². The van der Waals surface area contributed by atoms with Crippen LogP contribution in [0.5, 0.6) is 5.75 Å². The molecule has 0 aliphatic carbocycles. The first kappa shape index (κ1) is 18.5. The molecule has 10 nitrogen and oxygen atoms in total. The third-order valence-corrected chi connectivity index (χ3v) is 4.73. The maximum Gasteiger partial charge on any atom is 0.274 e. The van der Waals surface area contributed by atoms with Crippen LogP contribution in [0, 0.1) is 20.2 Å². The summed E-state index contributed by atoms with van der Waals surface area (Å²) >= 11 is 6.96. The molecule has 12 heteroatoms. The number of fused-ring (bicyclic) bond motifs is 1. The molecule has 3 aromatic rings. The average molecular weight is 409 g/mol. The lowest BCUT2D eigenvalue weighted by molar-refractivity contribution is -0.385. The van der Waals surface area contributed by atoms with E-state index in [9.17, 15) is 25.0 Å². The Hall–Kier alpha value is -3.31. The number of benzene rings is 2. The Morgan fingerprint density at radius 2 is 1.89 bits per heavy atom. The lowest BCUT2D eigenvalue weighted by Crippen LogP contribution is -2.12. The molecular formula is C15H9ClN4O6S. The molecule has 27 heavy (non-hydrogen) atoms. The number of amides is 1. The number of thiazole rings is 1. The number of rotatable bonds is 5. The van der Waals surface area contributed by atoms with Gasteiger partial charge in [0.25, 0.3) is 17.3 Å². The van der Waals surface area contributed by atoms with Crippen LogP contribution in [0.2, 0.25) is 5.02 Å². The fourth-order valence-corrected chi connectivity index (χ4v) is 3.44. The third kappa shape index (κ3) is 3.64. The number of hydrogen-bond donors (Lipinski definition) is 1. The quantitative estimate of drug-likeness (QED) is 0.496. The molecule has 2 aromatic carbocycles. The summed E-state index contributed by atoms with van der Waals surface area (Å²) in [7, 11) is 1.35. The predicted molar refractivity (Wildman–Crippen MR) is 98.9 cm³/mol. The van der Waals surface area contributed by atoms with Crippen molar-refractivity contribution < 1.29 is 19.4 Å². The van der Waals surface area contributed by atoms with E-state index in [1.54, 1.807) is 0 Å². The number of methoxy groups -OCH3 is 1. The lowest BCUT2D eigenvalue weighted by Gasteiger charge is -2.03. The molecule has 0 atom stereocenters. The van der Waals surface area contributed by atoms with Gasteiger partial charge in [-0.05, 0) is 6.07 Å². The van der Waals surface area contributed by atoms with Gasteiger partial charge in [0, 0.05) is 18.2 Å². The van der Waals surface area contributed by atoms with Crippen LogP contribution in [0.4, 0.5) is 16.5 Å². The highest BCUT2D eigenvalue weighted by Crippen LogP contribution is 2.36. The number of non-ortho nitro benzene ring substituents is 2. The minimum Gasteiger partial charge on any atom is -0.494 e. The highest BCUT2D eigenvalue weighted by atomic mass is 35.5. The molecule has 0 bridgehead atoms. The van der Waals surface area contributed by atoms with Crippen LogP contribution in [0.1, 0.15) is 10.4 Å². The van der Waals surface area contributed by atoms with Crippen LogP contribution in [0.15, 0.2) is 30.3 Å². The van der Waals surface area contributed by atoms with Crippen molar-refractivity contribution in [1.29, 1.82) is 0 Å².